The number of nitrogens with zero attached hydrogens (tertiary/aromatic N) is 1. The number of aliphatic hydroxyl groups excluding tert-OH is 1. The van der Waals surface area contributed by atoms with Gasteiger partial charge in [-0.3, -0.25) is 9.59 Å². The molecule has 1 aliphatic heterocycles. The van der Waals surface area contributed by atoms with Crippen molar-refractivity contribution >= 4 is 11.9 Å². The van der Waals surface area contributed by atoms with Crippen LogP contribution in [-0.2, 0) is 9.53 Å². The summed E-state index contributed by atoms with van der Waals surface area (Å²) < 4.78 is 4.82. The van der Waals surface area contributed by atoms with E-state index in [9.17, 15) is 14.7 Å². The van der Waals surface area contributed by atoms with Gasteiger partial charge in [-0.25, -0.2) is 0 Å². The number of fused-ring (bicyclic) bond motifs is 1. The fourth-order valence-electron chi connectivity index (χ4n) is 2.20. The summed E-state index contributed by atoms with van der Waals surface area (Å²) in [7, 11) is 0. The van der Waals surface area contributed by atoms with Gasteiger partial charge in [0.05, 0.1) is 6.61 Å². The number of hydrogen-bond acceptors (Lipinski definition) is 4. The smallest absolute Gasteiger partial charge is 0.305 e. The molecule has 19 heavy (non-hydrogen) atoms. The van der Waals surface area contributed by atoms with Crippen molar-refractivity contribution in [2.75, 3.05) is 13.2 Å². The number of amides is 1. The molecule has 5 heteroatoms. The van der Waals surface area contributed by atoms with E-state index in [4.69, 9.17) is 4.74 Å². The Kier molecular flexibility index (Phi) is 4.16. The van der Waals surface area contributed by atoms with E-state index in [0.29, 0.717) is 30.7 Å². The Hall–Kier alpha value is -1.88. The first kappa shape index (κ1) is 13.5. The number of esters is 1. The second kappa shape index (κ2) is 5.84. The molecule has 0 saturated carbocycles. The fraction of sp³-hybridized carbons (Fsp3) is 0.429. The molecule has 1 heterocycles. The lowest BCUT2D eigenvalue weighted by Gasteiger charge is -2.20. The number of ether oxygens (including phenoxy) is 1. The van der Waals surface area contributed by atoms with Crippen molar-refractivity contribution in [3.8, 4) is 0 Å². The average Bonchev–Trinajstić information content (AvgIpc) is 2.65. The van der Waals surface area contributed by atoms with Gasteiger partial charge in [-0.1, -0.05) is 18.2 Å². The summed E-state index contributed by atoms with van der Waals surface area (Å²) in [5, 5.41) is 10.1. The monoisotopic (exact) mass is 263 g/mol. The summed E-state index contributed by atoms with van der Waals surface area (Å²) >= 11 is 0. The maximum atomic E-state index is 12.1. The third-order valence-corrected chi connectivity index (χ3v) is 3.11. The first-order chi connectivity index (χ1) is 9.15. The highest BCUT2D eigenvalue weighted by Crippen LogP contribution is 2.31. The molecule has 1 amide bonds. The Balaban J connectivity index is 1.93. The SMILES string of the molecule is CCOC(=O)CCCN1C(=O)c2ccccc2C1O. The van der Waals surface area contributed by atoms with Crippen molar-refractivity contribution in [1.82, 2.24) is 4.90 Å². The van der Waals surface area contributed by atoms with Gasteiger partial charge in [-0.2, -0.15) is 0 Å². The van der Waals surface area contributed by atoms with Gasteiger partial charge in [-0.05, 0) is 19.4 Å². The second-order valence-corrected chi connectivity index (χ2v) is 4.37. The molecule has 1 aliphatic rings. The zero-order valence-corrected chi connectivity index (χ0v) is 10.8. The van der Waals surface area contributed by atoms with Crippen LogP contribution in [0.25, 0.3) is 0 Å². The molecule has 1 unspecified atom stereocenters. The predicted molar refractivity (Wildman–Crippen MR) is 68.3 cm³/mol. The van der Waals surface area contributed by atoms with Crippen LogP contribution in [0.4, 0.5) is 0 Å². The molecule has 1 aromatic rings. The summed E-state index contributed by atoms with van der Waals surface area (Å²) in [6.07, 6.45) is -0.179. The van der Waals surface area contributed by atoms with Crippen LogP contribution in [-0.4, -0.2) is 35.0 Å². The number of hydrogen-bond donors (Lipinski definition) is 1. The molecule has 0 spiro atoms. The highest BCUT2D eigenvalue weighted by Gasteiger charge is 2.34. The third-order valence-electron chi connectivity index (χ3n) is 3.11. The molecular formula is C14H17NO4. The number of benzene rings is 1. The van der Waals surface area contributed by atoms with Gasteiger partial charge in [0.2, 0.25) is 0 Å². The van der Waals surface area contributed by atoms with Crippen molar-refractivity contribution in [2.24, 2.45) is 0 Å². The van der Waals surface area contributed by atoms with Gasteiger partial charge in [0.25, 0.3) is 5.91 Å². The van der Waals surface area contributed by atoms with E-state index in [1.807, 2.05) is 0 Å². The van der Waals surface area contributed by atoms with Crippen molar-refractivity contribution in [1.29, 1.82) is 0 Å². The molecule has 0 bridgehead atoms. The fourth-order valence-corrected chi connectivity index (χ4v) is 2.20. The van der Waals surface area contributed by atoms with Crippen LogP contribution in [0.1, 0.15) is 41.9 Å². The quantitative estimate of drug-likeness (QED) is 0.817. The summed E-state index contributed by atoms with van der Waals surface area (Å²) in [6.45, 7) is 2.45. The molecule has 0 aliphatic carbocycles. The van der Waals surface area contributed by atoms with Crippen LogP contribution < -0.4 is 0 Å². The average molecular weight is 263 g/mol. The zero-order chi connectivity index (χ0) is 13.8. The lowest BCUT2D eigenvalue weighted by atomic mass is 10.1. The van der Waals surface area contributed by atoms with Crippen LogP contribution in [0.2, 0.25) is 0 Å². The first-order valence-electron chi connectivity index (χ1n) is 6.38. The van der Waals surface area contributed by atoms with Crippen LogP contribution >= 0.6 is 0 Å². The van der Waals surface area contributed by atoms with Gasteiger partial charge in [0.1, 0.15) is 0 Å². The highest BCUT2D eigenvalue weighted by molar-refractivity contribution is 5.98. The molecule has 5 nitrogen and oxygen atoms in total. The van der Waals surface area contributed by atoms with Crippen molar-refractivity contribution in [3.05, 3.63) is 35.4 Å². The standard InChI is InChI=1S/C14H17NO4/c1-2-19-12(16)8-5-9-15-13(17)10-6-3-4-7-11(10)14(15)18/h3-4,6-7,13,17H,2,5,8-9H2,1H3. The number of rotatable bonds is 5. The van der Waals surface area contributed by atoms with E-state index in [0.717, 1.165) is 0 Å². The maximum Gasteiger partial charge on any atom is 0.305 e. The molecule has 1 aromatic carbocycles. The van der Waals surface area contributed by atoms with Crippen molar-refractivity contribution in [3.63, 3.8) is 0 Å². The van der Waals surface area contributed by atoms with Gasteiger partial charge in [0, 0.05) is 24.1 Å². The lowest BCUT2D eigenvalue weighted by Crippen LogP contribution is -2.29. The molecular weight excluding hydrogens is 246 g/mol. The van der Waals surface area contributed by atoms with Gasteiger partial charge in [0.15, 0.2) is 6.23 Å². The number of aliphatic hydroxyl groups is 1. The summed E-state index contributed by atoms with van der Waals surface area (Å²) in [6, 6.07) is 7.00. The molecule has 2 rings (SSSR count). The summed E-state index contributed by atoms with van der Waals surface area (Å²) in [5.41, 5.74) is 1.16. The Morgan fingerprint density at radius 1 is 1.42 bits per heavy atom. The largest absolute Gasteiger partial charge is 0.466 e. The van der Waals surface area contributed by atoms with E-state index >= 15 is 0 Å². The molecule has 1 N–H and O–H groups in total. The van der Waals surface area contributed by atoms with E-state index < -0.39 is 6.23 Å². The number of carbonyl (C=O) groups excluding carboxylic acids is 2. The normalized spacial score (nSPS) is 17.5. The van der Waals surface area contributed by atoms with Crippen LogP contribution in [0, 0.1) is 0 Å². The first-order valence-corrected chi connectivity index (χ1v) is 6.38. The highest BCUT2D eigenvalue weighted by atomic mass is 16.5. The van der Waals surface area contributed by atoms with E-state index in [-0.39, 0.29) is 18.3 Å². The molecule has 1 atom stereocenters. The van der Waals surface area contributed by atoms with E-state index in [1.54, 1.807) is 31.2 Å². The van der Waals surface area contributed by atoms with Gasteiger partial charge >= 0.3 is 5.97 Å². The molecule has 0 fully saturated rings. The number of carbonyl (C=O) groups is 2. The minimum atomic E-state index is -0.911. The maximum absolute atomic E-state index is 12.1. The third kappa shape index (κ3) is 2.76. The van der Waals surface area contributed by atoms with Crippen LogP contribution in [0.15, 0.2) is 24.3 Å². The van der Waals surface area contributed by atoms with E-state index in [2.05, 4.69) is 0 Å². The molecule has 0 saturated heterocycles. The van der Waals surface area contributed by atoms with Gasteiger partial charge in [-0.15, -0.1) is 0 Å². The van der Waals surface area contributed by atoms with E-state index in [1.165, 1.54) is 4.90 Å². The van der Waals surface area contributed by atoms with Crippen LogP contribution in [0.5, 0.6) is 0 Å². The Bertz CT molecular complexity index is 486. The summed E-state index contributed by atoms with van der Waals surface area (Å²) in [4.78, 5) is 24.6. The van der Waals surface area contributed by atoms with Crippen LogP contribution in [0.3, 0.4) is 0 Å². The topological polar surface area (TPSA) is 66.8 Å². The minimum Gasteiger partial charge on any atom is -0.466 e. The molecule has 0 radical (unpaired) electrons. The van der Waals surface area contributed by atoms with Gasteiger partial charge < -0.3 is 14.7 Å². The zero-order valence-electron chi connectivity index (χ0n) is 10.8. The predicted octanol–water partition coefficient (Wildman–Crippen LogP) is 1.48. The van der Waals surface area contributed by atoms with Crippen molar-refractivity contribution < 1.29 is 19.4 Å². The lowest BCUT2D eigenvalue weighted by molar-refractivity contribution is -0.143. The van der Waals surface area contributed by atoms with Crippen molar-refractivity contribution in [2.45, 2.75) is 26.0 Å². The Morgan fingerprint density at radius 3 is 2.84 bits per heavy atom. The molecule has 102 valence electrons. The minimum absolute atomic E-state index is 0.188. The Labute approximate surface area is 111 Å². The second-order valence-electron chi connectivity index (χ2n) is 4.37. The summed E-state index contributed by atoms with van der Waals surface area (Å²) in [5.74, 6) is -0.465. The molecule has 0 aromatic heterocycles. The Morgan fingerprint density at radius 2 is 2.16 bits per heavy atom.